The number of halogens is 1. The Balaban J connectivity index is 2.35. The van der Waals surface area contributed by atoms with E-state index in [9.17, 15) is 22.9 Å². The summed E-state index contributed by atoms with van der Waals surface area (Å²) in [7, 11) is -2.11. The SMILES string of the molecule is CNCC1CCCN1S(=O)(=O)c1ccc([N+](=O)[O-])c(F)c1. The van der Waals surface area contributed by atoms with Gasteiger partial charge in [-0.2, -0.15) is 8.70 Å². The van der Waals surface area contributed by atoms with Crippen molar-refractivity contribution in [3.8, 4) is 0 Å². The summed E-state index contributed by atoms with van der Waals surface area (Å²) in [6, 6.07) is 2.48. The van der Waals surface area contributed by atoms with E-state index in [2.05, 4.69) is 5.32 Å². The molecule has 1 atom stereocenters. The van der Waals surface area contributed by atoms with Crippen molar-refractivity contribution in [2.75, 3.05) is 20.1 Å². The Labute approximate surface area is 122 Å². The smallest absolute Gasteiger partial charge is 0.304 e. The number of sulfonamides is 1. The van der Waals surface area contributed by atoms with Gasteiger partial charge in [-0.15, -0.1) is 0 Å². The van der Waals surface area contributed by atoms with Crippen LogP contribution < -0.4 is 5.32 Å². The van der Waals surface area contributed by atoms with Crippen molar-refractivity contribution in [2.45, 2.75) is 23.8 Å². The summed E-state index contributed by atoms with van der Waals surface area (Å²) in [4.78, 5) is 9.43. The van der Waals surface area contributed by atoms with Crippen LogP contribution in [-0.4, -0.2) is 43.8 Å². The van der Waals surface area contributed by atoms with Crippen LogP contribution in [0, 0.1) is 15.9 Å². The molecule has 0 aromatic heterocycles. The fraction of sp³-hybridized carbons (Fsp3) is 0.500. The molecule has 0 spiro atoms. The first-order chi connectivity index (χ1) is 9.87. The van der Waals surface area contributed by atoms with Crippen molar-refractivity contribution in [2.24, 2.45) is 0 Å². The van der Waals surface area contributed by atoms with Crippen molar-refractivity contribution >= 4 is 15.7 Å². The molecule has 1 aromatic carbocycles. The second kappa shape index (κ2) is 6.04. The van der Waals surface area contributed by atoms with Crippen LogP contribution in [0.2, 0.25) is 0 Å². The number of benzene rings is 1. The largest absolute Gasteiger partial charge is 0.318 e. The van der Waals surface area contributed by atoms with Gasteiger partial charge in [0, 0.05) is 31.3 Å². The van der Waals surface area contributed by atoms with Crippen molar-refractivity contribution in [3.05, 3.63) is 34.1 Å². The van der Waals surface area contributed by atoms with Gasteiger partial charge in [0.1, 0.15) is 0 Å². The van der Waals surface area contributed by atoms with Crippen molar-refractivity contribution in [3.63, 3.8) is 0 Å². The first kappa shape index (κ1) is 15.8. The molecule has 1 aromatic rings. The predicted molar refractivity (Wildman–Crippen MR) is 73.9 cm³/mol. The fourth-order valence-electron chi connectivity index (χ4n) is 2.50. The third-order valence-corrected chi connectivity index (χ3v) is 5.43. The summed E-state index contributed by atoms with van der Waals surface area (Å²) in [5.41, 5.74) is -0.734. The van der Waals surface area contributed by atoms with E-state index in [1.807, 2.05) is 0 Å². The van der Waals surface area contributed by atoms with Crippen molar-refractivity contribution in [1.29, 1.82) is 0 Å². The molecule has 9 heteroatoms. The Kier molecular flexibility index (Phi) is 4.55. The van der Waals surface area contributed by atoms with Crippen molar-refractivity contribution < 1.29 is 17.7 Å². The topological polar surface area (TPSA) is 92.6 Å². The highest BCUT2D eigenvalue weighted by Gasteiger charge is 2.35. The second-order valence-electron chi connectivity index (χ2n) is 4.84. The van der Waals surface area contributed by atoms with Crippen LogP contribution in [0.3, 0.4) is 0 Å². The lowest BCUT2D eigenvalue weighted by atomic mass is 10.2. The summed E-state index contributed by atoms with van der Waals surface area (Å²) < 4.78 is 40.0. The molecule has 2 rings (SSSR count). The van der Waals surface area contributed by atoms with Gasteiger partial charge in [0.15, 0.2) is 0 Å². The molecule has 21 heavy (non-hydrogen) atoms. The molecule has 1 fully saturated rings. The average molecular weight is 317 g/mol. The number of nitrogens with zero attached hydrogens (tertiary/aromatic N) is 2. The third kappa shape index (κ3) is 3.04. The van der Waals surface area contributed by atoms with Gasteiger partial charge < -0.3 is 5.32 Å². The Morgan fingerprint density at radius 3 is 2.81 bits per heavy atom. The molecular weight excluding hydrogens is 301 g/mol. The summed E-state index contributed by atoms with van der Waals surface area (Å²) in [6.07, 6.45) is 1.47. The minimum atomic E-state index is -3.84. The van der Waals surface area contributed by atoms with Gasteiger partial charge in [0.2, 0.25) is 15.8 Å². The highest BCUT2D eigenvalue weighted by atomic mass is 32.2. The lowest BCUT2D eigenvalue weighted by Crippen LogP contribution is -2.40. The molecule has 0 bridgehead atoms. The van der Waals surface area contributed by atoms with E-state index < -0.39 is 26.5 Å². The normalized spacial score (nSPS) is 19.8. The van der Waals surface area contributed by atoms with Crippen LogP contribution in [0.5, 0.6) is 0 Å². The maximum Gasteiger partial charge on any atom is 0.304 e. The maximum atomic E-state index is 13.6. The Hall–Kier alpha value is -1.58. The zero-order valence-corrected chi connectivity index (χ0v) is 12.3. The monoisotopic (exact) mass is 317 g/mol. The van der Waals surface area contributed by atoms with Gasteiger partial charge >= 0.3 is 5.69 Å². The van der Waals surface area contributed by atoms with Gasteiger partial charge in [-0.25, -0.2) is 8.42 Å². The Morgan fingerprint density at radius 2 is 2.24 bits per heavy atom. The molecule has 0 aliphatic carbocycles. The number of rotatable bonds is 5. The average Bonchev–Trinajstić information content (AvgIpc) is 2.87. The summed E-state index contributed by atoms with van der Waals surface area (Å²) in [6.45, 7) is 0.877. The first-order valence-corrected chi connectivity index (χ1v) is 7.92. The summed E-state index contributed by atoms with van der Waals surface area (Å²) in [5.74, 6) is -1.15. The molecule has 1 aliphatic heterocycles. The van der Waals surface area contributed by atoms with E-state index in [-0.39, 0.29) is 10.9 Å². The second-order valence-corrected chi connectivity index (χ2v) is 6.73. The zero-order valence-electron chi connectivity index (χ0n) is 11.5. The molecule has 1 unspecified atom stereocenters. The number of nitrogens with one attached hydrogen (secondary N) is 1. The van der Waals surface area contributed by atoms with Gasteiger partial charge in [0.25, 0.3) is 0 Å². The predicted octanol–water partition coefficient (Wildman–Crippen LogP) is 1.11. The zero-order chi connectivity index (χ0) is 15.6. The molecule has 0 saturated carbocycles. The highest BCUT2D eigenvalue weighted by Crippen LogP contribution is 2.28. The van der Waals surface area contributed by atoms with E-state index in [1.165, 1.54) is 4.31 Å². The standard InChI is InChI=1S/C12H16FN3O4S/c1-14-8-9-3-2-6-15(9)21(19,20)10-4-5-12(16(17)18)11(13)7-10/h4-5,7,9,14H,2-3,6,8H2,1H3. The van der Waals surface area contributed by atoms with E-state index in [4.69, 9.17) is 0 Å². The molecule has 1 saturated heterocycles. The Bertz CT molecular complexity index is 650. The van der Waals surface area contributed by atoms with Gasteiger partial charge in [-0.1, -0.05) is 0 Å². The van der Waals surface area contributed by atoms with Crippen LogP contribution in [-0.2, 0) is 10.0 Å². The van der Waals surface area contributed by atoms with Crippen LogP contribution >= 0.6 is 0 Å². The molecule has 0 amide bonds. The van der Waals surface area contributed by atoms with Gasteiger partial charge in [0.05, 0.1) is 9.82 Å². The number of hydrogen-bond acceptors (Lipinski definition) is 5. The molecule has 116 valence electrons. The molecule has 0 radical (unpaired) electrons. The molecule has 1 heterocycles. The molecule has 7 nitrogen and oxygen atoms in total. The van der Waals surface area contributed by atoms with Crippen LogP contribution in [0.1, 0.15) is 12.8 Å². The van der Waals surface area contributed by atoms with E-state index in [0.717, 1.165) is 25.0 Å². The van der Waals surface area contributed by atoms with E-state index in [1.54, 1.807) is 7.05 Å². The number of nitro groups is 1. The lowest BCUT2D eigenvalue weighted by molar-refractivity contribution is -0.387. The first-order valence-electron chi connectivity index (χ1n) is 6.48. The van der Waals surface area contributed by atoms with Crippen LogP contribution in [0.15, 0.2) is 23.1 Å². The number of nitro benzene ring substituents is 1. The summed E-state index contributed by atoms with van der Waals surface area (Å²) >= 11 is 0. The molecule has 1 aliphatic rings. The van der Waals surface area contributed by atoms with Crippen molar-refractivity contribution in [1.82, 2.24) is 9.62 Å². The minimum absolute atomic E-state index is 0.182. The maximum absolute atomic E-state index is 13.6. The highest BCUT2D eigenvalue weighted by molar-refractivity contribution is 7.89. The van der Waals surface area contributed by atoms with Crippen LogP contribution in [0.25, 0.3) is 0 Å². The minimum Gasteiger partial charge on any atom is -0.318 e. The number of likely N-dealkylation sites (N-methyl/N-ethyl adjacent to an activating group) is 1. The van der Waals surface area contributed by atoms with E-state index in [0.29, 0.717) is 19.2 Å². The lowest BCUT2D eigenvalue weighted by Gasteiger charge is -2.23. The van der Waals surface area contributed by atoms with Gasteiger partial charge in [-0.3, -0.25) is 10.1 Å². The van der Waals surface area contributed by atoms with Crippen LogP contribution in [0.4, 0.5) is 10.1 Å². The Morgan fingerprint density at radius 1 is 1.52 bits per heavy atom. The third-order valence-electron chi connectivity index (χ3n) is 3.49. The molecule has 1 N–H and O–H groups in total. The quantitative estimate of drug-likeness (QED) is 0.648. The number of hydrogen-bond donors (Lipinski definition) is 1. The summed E-state index contributed by atoms with van der Waals surface area (Å²) in [5, 5.41) is 13.5. The molecular formula is C12H16FN3O4S. The fourth-order valence-corrected chi connectivity index (χ4v) is 4.20. The van der Waals surface area contributed by atoms with Gasteiger partial charge in [-0.05, 0) is 26.0 Å². The van der Waals surface area contributed by atoms with E-state index >= 15 is 0 Å².